The lowest BCUT2D eigenvalue weighted by molar-refractivity contribution is 0.673. The van der Waals surface area contributed by atoms with E-state index < -0.39 is 0 Å². The highest BCUT2D eigenvalue weighted by Crippen LogP contribution is 2.46. The Balaban J connectivity index is 1.46. The maximum absolute atomic E-state index is 6.68. The Kier molecular flexibility index (Phi) is 4.85. The SMILES string of the molecule is NC(c1ccccc1)c1ccc(-c2cc3c4ccccc4c4ccccc4c3c3oc4ccccc4c23)cc1. The van der Waals surface area contributed by atoms with E-state index in [9.17, 15) is 0 Å². The lowest BCUT2D eigenvalue weighted by Crippen LogP contribution is -2.11. The lowest BCUT2D eigenvalue weighted by atomic mass is 9.89. The van der Waals surface area contributed by atoms with E-state index in [0.29, 0.717) is 0 Å². The molecule has 1 aromatic heterocycles. The van der Waals surface area contributed by atoms with E-state index in [-0.39, 0.29) is 6.04 Å². The van der Waals surface area contributed by atoms with Crippen molar-refractivity contribution >= 4 is 54.3 Å². The number of furan rings is 1. The van der Waals surface area contributed by atoms with Crippen LogP contribution in [0.3, 0.4) is 0 Å². The first-order chi connectivity index (χ1) is 19.3. The molecule has 0 aliphatic carbocycles. The zero-order chi connectivity index (χ0) is 25.9. The third kappa shape index (κ3) is 3.32. The van der Waals surface area contributed by atoms with Crippen LogP contribution < -0.4 is 5.73 Å². The van der Waals surface area contributed by atoms with Crippen LogP contribution in [0.15, 0.2) is 138 Å². The molecule has 0 bridgehead atoms. The van der Waals surface area contributed by atoms with Crippen molar-refractivity contribution in [2.75, 3.05) is 0 Å². The van der Waals surface area contributed by atoms with Gasteiger partial charge in [0.2, 0.25) is 0 Å². The molecule has 0 aliphatic heterocycles. The summed E-state index contributed by atoms with van der Waals surface area (Å²) in [7, 11) is 0. The van der Waals surface area contributed by atoms with Crippen molar-refractivity contribution in [3.63, 3.8) is 0 Å². The Hall–Kier alpha value is -4.92. The van der Waals surface area contributed by atoms with Crippen molar-refractivity contribution in [2.24, 2.45) is 5.73 Å². The van der Waals surface area contributed by atoms with Crippen LogP contribution in [0, 0.1) is 0 Å². The molecule has 0 spiro atoms. The van der Waals surface area contributed by atoms with E-state index >= 15 is 0 Å². The predicted molar refractivity (Wildman–Crippen MR) is 164 cm³/mol. The molecule has 7 aromatic carbocycles. The van der Waals surface area contributed by atoms with Crippen molar-refractivity contribution in [1.82, 2.24) is 0 Å². The van der Waals surface area contributed by atoms with Gasteiger partial charge in [-0.2, -0.15) is 0 Å². The van der Waals surface area contributed by atoms with Crippen LogP contribution in [0.1, 0.15) is 17.2 Å². The number of para-hydroxylation sites is 1. The number of rotatable bonds is 3. The zero-order valence-electron chi connectivity index (χ0n) is 21.3. The molecule has 2 nitrogen and oxygen atoms in total. The molecule has 2 heteroatoms. The summed E-state index contributed by atoms with van der Waals surface area (Å²) in [5, 5.41) is 9.60. The number of benzene rings is 7. The monoisotopic (exact) mass is 499 g/mol. The average molecular weight is 500 g/mol. The summed E-state index contributed by atoms with van der Waals surface area (Å²) < 4.78 is 6.68. The molecule has 184 valence electrons. The van der Waals surface area contributed by atoms with E-state index in [2.05, 4.69) is 109 Å². The van der Waals surface area contributed by atoms with Gasteiger partial charge in [0.05, 0.1) is 6.04 Å². The maximum atomic E-state index is 6.68. The number of nitrogens with two attached hydrogens (primary N) is 1. The molecule has 0 saturated heterocycles. The van der Waals surface area contributed by atoms with Gasteiger partial charge in [0.1, 0.15) is 11.2 Å². The molecule has 0 aliphatic rings. The van der Waals surface area contributed by atoms with Crippen LogP contribution in [-0.2, 0) is 0 Å². The highest BCUT2D eigenvalue weighted by atomic mass is 16.3. The maximum Gasteiger partial charge on any atom is 0.144 e. The largest absolute Gasteiger partial charge is 0.455 e. The lowest BCUT2D eigenvalue weighted by Gasteiger charge is -2.15. The first-order valence-corrected chi connectivity index (χ1v) is 13.4. The Morgan fingerprint density at radius 2 is 1.00 bits per heavy atom. The fourth-order valence-corrected chi connectivity index (χ4v) is 6.22. The van der Waals surface area contributed by atoms with Crippen LogP contribution in [0.25, 0.3) is 65.4 Å². The molecule has 1 heterocycles. The Bertz CT molecular complexity index is 2170. The van der Waals surface area contributed by atoms with Crippen LogP contribution in [0.2, 0.25) is 0 Å². The number of hydrogen-bond donors (Lipinski definition) is 1. The normalized spacial score (nSPS) is 12.6. The van der Waals surface area contributed by atoms with Gasteiger partial charge in [-0.05, 0) is 61.3 Å². The molecule has 8 aromatic rings. The minimum atomic E-state index is -0.165. The number of hydrogen-bond acceptors (Lipinski definition) is 2. The van der Waals surface area contributed by atoms with E-state index in [0.717, 1.165) is 38.6 Å². The Morgan fingerprint density at radius 3 is 1.72 bits per heavy atom. The standard InChI is InChI=1S/C37H25NO/c38-36(24-10-2-1-3-11-24)25-20-18-23(19-21-25)31-22-32-28-14-5-4-12-26(28)27-13-6-7-15-29(27)34(32)37-35(31)30-16-8-9-17-33(30)39-37/h1-22,36H,38H2. The molecular formula is C37H25NO. The topological polar surface area (TPSA) is 39.2 Å². The molecule has 0 saturated carbocycles. The highest BCUT2D eigenvalue weighted by molar-refractivity contribution is 6.34. The van der Waals surface area contributed by atoms with Gasteiger partial charge in [-0.1, -0.05) is 121 Å². The summed E-state index contributed by atoms with van der Waals surface area (Å²) >= 11 is 0. The van der Waals surface area contributed by atoms with Crippen molar-refractivity contribution in [3.8, 4) is 11.1 Å². The van der Waals surface area contributed by atoms with Crippen LogP contribution >= 0.6 is 0 Å². The second kappa shape index (κ2) is 8.56. The minimum absolute atomic E-state index is 0.165. The first kappa shape index (κ1) is 22.1. The van der Waals surface area contributed by atoms with Gasteiger partial charge in [0.25, 0.3) is 0 Å². The molecule has 0 fully saturated rings. The second-order valence-corrected chi connectivity index (χ2v) is 10.3. The molecule has 2 N–H and O–H groups in total. The molecule has 0 amide bonds. The highest BCUT2D eigenvalue weighted by Gasteiger charge is 2.20. The Labute approximate surface area is 225 Å². The second-order valence-electron chi connectivity index (χ2n) is 10.3. The quantitative estimate of drug-likeness (QED) is 0.246. The average Bonchev–Trinajstić information content (AvgIpc) is 3.40. The molecule has 8 rings (SSSR count). The molecule has 1 atom stereocenters. The summed E-state index contributed by atoms with van der Waals surface area (Å²) in [6.07, 6.45) is 0. The van der Waals surface area contributed by atoms with Gasteiger partial charge in [-0.3, -0.25) is 0 Å². The molecule has 39 heavy (non-hydrogen) atoms. The number of fused-ring (bicyclic) bond motifs is 10. The Morgan fingerprint density at radius 1 is 0.462 bits per heavy atom. The van der Waals surface area contributed by atoms with Crippen molar-refractivity contribution in [2.45, 2.75) is 6.04 Å². The van der Waals surface area contributed by atoms with E-state index in [1.54, 1.807) is 0 Å². The third-order valence-corrected chi connectivity index (χ3v) is 8.09. The summed E-state index contributed by atoms with van der Waals surface area (Å²) in [4.78, 5) is 0. The fourth-order valence-electron chi connectivity index (χ4n) is 6.22. The third-order valence-electron chi connectivity index (χ3n) is 8.09. The van der Waals surface area contributed by atoms with Gasteiger partial charge >= 0.3 is 0 Å². The molecule has 0 radical (unpaired) electrons. The molecule has 1 unspecified atom stereocenters. The van der Waals surface area contributed by atoms with Gasteiger partial charge in [0.15, 0.2) is 0 Å². The van der Waals surface area contributed by atoms with Crippen molar-refractivity contribution < 1.29 is 4.42 Å². The van der Waals surface area contributed by atoms with Gasteiger partial charge in [-0.15, -0.1) is 0 Å². The van der Waals surface area contributed by atoms with Crippen molar-refractivity contribution in [1.29, 1.82) is 0 Å². The van der Waals surface area contributed by atoms with Crippen LogP contribution in [0.4, 0.5) is 0 Å². The van der Waals surface area contributed by atoms with Gasteiger partial charge in [0, 0.05) is 16.2 Å². The van der Waals surface area contributed by atoms with Crippen LogP contribution in [0.5, 0.6) is 0 Å². The van der Waals surface area contributed by atoms with Gasteiger partial charge in [-0.25, -0.2) is 0 Å². The van der Waals surface area contributed by atoms with Gasteiger partial charge < -0.3 is 10.2 Å². The summed E-state index contributed by atoms with van der Waals surface area (Å²) in [6, 6.07) is 46.9. The first-order valence-electron chi connectivity index (χ1n) is 13.4. The predicted octanol–water partition coefficient (Wildman–Crippen LogP) is 9.76. The van der Waals surface area contributed by atoms with E-state index in [1.807, 2.05) is 24.3 Å². The fraction of sp³-hybridized carbons (Fsp3) is 0.0270. The summed E-state index contributed by atoms with van der Waals surface area (Å²) in [5.74, 6) is 0. The smallest absolute Gasteiger partial charge is 0.144 e. The summed E-state index contributed by atoms with van der Waals surface area (Å²) in [5.41, 5.74) is 13.0. The van der Waals surface area contributed by atoms with Crippen LogP contribution in [-0.4, -0.2) is 0 Å². The van der Waals surface area contributed by atoms with E-state index in [4.69, 9.17) is 10.2 Å². The summed E-state index contributed by atoms with van der Waals surface area (Å²) in [6.45, 7) is 0. The minimum Gasteiger partial charge on any atom is -0.455 e. The zero-order valence-corrected chi connectivity index (χ0v) is 21.3. The van der Waals surface area contributed by atoms with Crippen molar-refractivity contribution in [3.05, 3.63) is 145 Å². The van der Waals surface area contributed by atoms with E-state index in [1.165, 1.54) is 37.9 Å². The molecular weight excluding hydrogens is 474 g/mol.